The number of rotatable bonds is 2. The number of nitrogens with two attached hydrogens (primary N) is 1. The number of aromatic nitrogens is 1. The van der Waals surface area contributed by atoms with E-state index in [1.807, 2.05) is 23.6 Å². The lowest BCUT2D eigenvalue weighted by Crippen LogP contribution is -1.96. The van der Waals surface area contributed by atoms with Crippen LogP contribution in [0.15, 0.2) is 35.7 Å². The van der Waals surface area contributed by atoms with Crippen LogP contribution in [0.1, 0.15) is 24.1 Å². The molecule has 1 aromatic heterocycles. The standard InChI is InChI=1S/C11H12N2S/c1-8(9-5-3-2-4-6-9)10-7-14-11(12)13-10/h2-8H,1H3,(H2,12,13). The Balaban J connectivity index is 2.29. The summed E-state index contributed by atoms with van der Waals surface area (Å²) >= 11 is 1.49. The molecule has 1 aromatic carbocycles. The first-order chi connectivity index (χ1) is 6.77. The molecule has 0 bridgehead atoms. The molecule has 2 N–H and O–H groups in total. The van der Waals surface area contributed by atoms with Crippen LogP contribution in [0.5, 0.6) is 0 Å². The molecule has 1 unspecified atom stereocenters. The molecule has 0 aliphatic carbocycles. The van der Waals surface area contributed by atoms with E-state index in [0.717, 1.165) is 5.69 Å². The van der Waals surface area contributed by atoms with Gasteiger partial charge in [0.15, 0.2) is 5.13 Å². The number of nitrogens with zero attached hydrogens (tertiary/aromatic N) is 1. The van der Waals surface area contributed by atoms with Gasteiger partial charge in [-0.05, 0) is 5.56 Å². The third-order valence-electron chi connectivity index (χ3n) is 2.28. The number of nitrogen functional groups attached to an aromatic ring is 1. The maximum atomic E-state index is 5.60. The first-order valence-electron chi connectivity index (χ1n) is 4.53. The molecule has 3 heteroatoms. The van der Waals surface area contributed by atoms with Crippen molar-refractivity contribution in [3.63, 3.8) is 0 Å². The van der Waals surface area contributed by atoms with Gasteiger partial charge in [-0.15, -0.1) is 11.3 Å². The largest absolute Gasteiger partial charge is 0.375 e. The minimum Gasteiger partial charge on any atom is -0.375 e. The molecular formula is C11H12N2S. The fraction of sp³-hybridized carbons (Fsp3) is 0.182. The normalized spacial score (nSPS) is 12.6. The summed E-state index contributed by atoms with van der Waals surface area (Å²) in [5.41, 5.74) is 7.93. The molecule has 0 saturated heterocycles. The zero-order chi connectivity index (χ0) is 9.97. The van der Waals surface area contributed by atoms with Crippen LogP contribution in [-0.2, 0) is 0 Å². The Morgan fingerprint density at radius 3 is 2.57 bits per heavy atom. The van der Waals surface area contributed by atoms with E-state index in [1.165, 1.54) is 16.9 Å². The monoisotopic (exact) mass is 204 g/mol. The smallest absolute Gasteiger partial charge is 0.180 e. The summed E-state index contributed by atoms with van der Waals surface area (Å²) in [5, 5.41) is 2.66. The van der Waals surface area contributed by atoms with Gasteiger partial charge in [-0.25, -0.2) is 4.98 Å². The molecule has 0 aliphatic heterocycles. The highest BCUT2D eigenvalue weighted by atomic mass is 32.1. The molecule has 2 nitrogen and oxygen atoms in total. The molecule has 0 fully saturated rings. The Labute approximate surface area is 87.4 Å². The molecule has 0 spiro atoms. The second kappa shape index (κ2) is 3.80. The van der Waals surface area contributed by atoms with E-state index in [2.05, 4.69) is 24.0 Å². The molecule has 1 atom stereocenters. The highest BCUT2D eigenvalue weighted by Gasteiger charge is 2.10. The van der Waals surface area contributed by atoms with Crippen molar-refractivity contribution in [3.8, 4) is 0 Å². The van der Waals surface area contributed by atoms with Crippen LogP contribution < -0.4 is 5.73 Å². The van der Waals surface area contributed by atoms with Crippen molar-refractivity contribution in [3.05, 3.63) is 47.0 Å². The summed E-state index contributed by atoms with van der Waals surface area (Å²) < 4.78 is 0. The van der Waals surface area contributed by atoms with Crippen LogP contribution in [0.25, 0.3) is 0 Å². The van der Waals surface area contributed by atoms with E-state index in [1.54, 1.807) is 0 Å². The van der Waals surface area contributed by atoms with Crippen molar-refractivity contribution in [2.75, 3.05) is 5.73 Å². The van der Waals surface area contributed by atoms with E-state index < -0.39 is 0 Å². The SMILES string of the molecule is CC(c1ccccc1)c1csc(N)n1. The molecule has 2 aromatic rings. The molecule has 0 aliphatic rings. The number of benzene rings is 1. The number of thiazole rings is 1. The van der Waals surface area contributed by atoms with E-state index >= 15 is 0 Å². The molecule has 0 amide bonds. The van der Waals surface area contributed by atoms with Crippen LogP contribution in [0.3, 0.4) is 0 Å². The second-order valence-electron chi connectivity index (χ2n) is 3.24. The van der Waals surface area contributed by atoms with Crippen LogP contribution in [0.2, 0.25) is 0 Å². The lowest BCUT2D eigenvalue weighted by molar-refractivity contribution is 0.886. The zero-order valence-corrected chi connectivity index (χ0v) is 8.79. The lowest BCUT2D eigenvalue weighted by Gasteiger charge is -2.07. The van der Waals surface area contributed by atoms with Crippen LogP contribution in [-0.4, -0.2) is 4.98 Å². The van der Waals surface area contributed by atoms with Gasteiger partial charge in [-0.3, -0.25) is 0 Å². The minimum atomic E-state index is 0.324. The van der Waals surface area contributed by atoms with Crippen LogP contribution >= 0.6 is 11.3 Å². The molecular weight excluding hydrogens is 192 g/mol. The van der Waals surface area contributed by atoms with Crippen LogP contribution in [0.4, 0.5) is 5.13 Å². The van der Waals surface area contributed by atoms with E-state index in [-0.39, 0.29) is 0 Å². The van der Waals surface area contributed by atoms with Gasteiger partial charge >= 0.3 is 0 Å². The maximum Gasteiger partial charge on any atom is 0.180 e. The van der Waals surface area contributed by atoms with Gasteiger partial charge in [0.25, 0.3) is 0 Å². The predicted octanol–water partition coefficient (Wildman–Crippen LogP) is 2.88. The number of anilines is 1. The van der Waals surface area contributed by atoms with E-state index in [4.69, 9.17) is 5.73 Å². The summed E-state index contributed by atoms with van der Waals surface area (Å²) in [6.07, 6.45) is 0. The quantitative estimate of drug-likeness (QED) is 0.817. The molecule has 1 heterocycles. The number of hydrogen-bond donors (Lipinski definition) is 1. The first kappa shape index (κ1) is 9.21. The van der Waals surface area contributed by atoms with Gasteiger partial charge < -0.3 is 5.73 Å². The molecule has 14 heavy (non-hydrogen) atoms. The predicted molar refractivity (Wildman–Crippen MR) is 60.5 cm³/mol. The summed E-state index contributed by atoms with van der Waals surface area (Å²) in [6, 6.07) is 10.3. The van der Waals surface area contributed by atoms with Crippen molar-refractivity contribution in [1.29, 1.82) is 0 Å². The van der Waals surface area contributed by atoms with E-state index in [0.29, 0.717) is 11.0 Å². The first-order valence-corrected chi connectivity index (χ1v) is 5.41. The van der Waals surface area contributed by atoms with Crippen molar-refractivity contribution in [2.45, 2.75) is 12.8 Å². The Morgan fingerprint density at radius 1 is 1.29 bits per heavy atom. The third-order valence-corrected chi connectivity index (χ3v) is 2.98. The molecule has 0 saturated carbocycles. The maximum absolute atomic E-state index is 5.60. The fourth-order valence-electron chi connectivity index (χ4n) is 1.41. The fourth-order valence-corrected chi connectivity index (χ4v) is 2.07. The second-order valence-corrected chi connectivity index (χ2v) is 4.13. The highest BCUT2D eigenvalue weighted by Crippen LogP contribution is 2.25. The summed E-state index contributed by atoms with van der Waals surface area (Å²) in [5.74, 6) is 0.324. The van der Waals surface area contributed by atoms with Crippen LogP contribution in [0, 0.1) is 0 Å². The molecule has 2 rings (SSSR count). The van der Waals surface area contributed by atoms with Gasteiger partial charge in [0.05, 0.1) is 5.69 Å². The Hall–Kier alpha value is -1.35. The zero-order valence-electron chi connectivity index (χ0n) is 7.97. The summed E-state index contributed by atoms with van der Waals surface area (Å²) in [4.78, 5) is 4.28. The van der Waals surface area contributed by atoms with Gasteiger partial charge in [0.1, 0.15) is 0 Å². The van der Waals surface area contributed by atoms with Gasteiger partial charge in [-0.2, -0.15) is 0 Å². The average Bonchev–Trinajstić information content (AvgIpc) is 2.65. The van der Waals surface area contributed by atoms with E-state index in [9.17, 15) is 0 Å². The topological polar surface area (TPSA) is 38.9 Å². The third kappa shape index (κ3) is 1.77. The lowest BCUT2D eigenvalue weighted by atomic mass is 9.99. The Morgan fingerprint density at radius 2 is 2.00 bits per heavy atom. The molecule has 72 valence electrons. The van der Waals surface area contributed by atoms with Crippen molar-refractivity contribution >= 4 is 16.5 Å². The highest BCUT2D eigenvalue weighted by molar-refractivity contribution is 7.13. The summed E-state index contributed by atoms with van der Waals surface area (Å²) in [6.45, 7) is 2.14. The van der Waals surface area contributed by atoms with Crippen molar-refractivity contribution in [2.24, 2.45) is 0 Å². The Bertz CT molecular complexity index is 408. The van der Waals surface area contributed by atoms with Crippen molar-refractivity contribution in [1.82, 2.24) is 4.98 Å². The molecule has 0 radical (unpaired) electrons. The van der Waals surface area contributed by atoms with Crippen molar-refractivity contribution < 1.29 is 0 Å². The van der Waals surface area contributed by atoms with Gasteiger partial charge in [-0.1, -0.05) is 37.3 Å². The minimum absolute atomic E-state index is 0.324. The number of hydrogen-bond acceptors (Lipinski definition) is 3. The van der Waals surface area contributed by atoms with Gasteiger partial charge in [0, 0.05) is 11.3 Å². The summed E-state index contributed by atoms with van der Waals surface area (Å²) in [7, 11) is 0. The average molecular weight is 204 g/mol. The Kier molecular flexibility index (Phi) is 2.50. The van der Waals surface area contributed by atoms with Gasteiger partial charge in [0.2, 0.25) is 0 Å².